The normalized spacial score (nSPS) is 16.9. The van der Waals surface area contributed by atoms with Crippen LogP contribution in [0.3, 0.4) is 0 Å². The number of piperidine rings is 1. The first-order valence-corrected chi connectivity index (χ1v) is 10.3. The van der Waals surface area contributed by atoms with Crippen LogP contribution < -0.4 is 0 Å². The highest BCUT2D eigenvalue weighted by molar-refractivity contribution is 14.1. The molecule has 6 nitrogen and oxygen atoms in total. The van der Waals surface area contributed by atoms with Gasteiger partial charge in [0.05, 0.1) is 10.5 Å². The van der Waals surface area contributed by atoms with Gasteiger partial charge in [-0.15, -0.1) is 0 Å². The second-order valence-corrected chi connectivity index (χ2v) is 9.73. The third-order valence-corrected chi connectivity index (χ3v) is 7.18. The van der Waals surface area contributed by atoms with Crippen molar-refractivity contribution in [3.63, 3.8) is 0 Å². The number of rotatable bonds is 4. The molecule has 0 bridgehead atoms. The van der Waals surface area contributed by atoms with Crippen molar-refractivity contribution >= 4 is 38.5 Å². The van der Waals surface area contributed by atoms with Gasteiger partial charge in [0.2, 0.25) is 10.0 Å². The Balaban J connectivity index is 2.24. The SMILES string of the molecule is CN(C)C1CCN(C(=O)c2cc(S(=O)(=O)N(C)C)ccc2I)CC1. The average molecular weight is 465 g/mol. The molecule has 8 heteroatoms. The van der Waals surface area contributed by atoms with Gasteiger partial charge in [0.25, 0.3) is 5.91 Å². The van der Waals surface area contributed by atoms with Crippen LogP contribution in [0.4, 0.5) is 0 Å². The van der Waals surface area contributed by atoms with E-state index in [2.05, 4.69) is 41.6 Å². The Kier molecular flexibility index (Phi) is 6.27. The van der Waals surface area contributed by atoms with Gasteiger partial charge >= 0.3 is 0 Å². The van der Waals surface area contributed by atoms with Crippen molar-refractivity contribution in [1.82, 2.24) is 14.1 Å². The minimum atomic E-state index is -3.55. The van der Waals surface area contributed by atoms with Gasteiger partial charge in [-0.3, -0.25) is 4.79 Å². The molecule has 0 saturated carbocycles. The average Bonchev–Trinajstić information content (AvgIpc) is 2.54. The van der Waals surface area contributed by atoms with Gasteiger partial charge in [0, 0.05) is 36.8 Å². The fourth-order valence-corrected chi connectivity index (χ4v) is 4.29. The van der Waals surface area contributed by atoms with Crippen LogP contribution >= 0.6 is 22.6 Å². The summed E-state index contributed by atoms with van der Waals surface area (Å²) < 4.78 is 26.5. The number of likely N-dealkylation sites (tertiary alicyclic amines) is 1. The molecule has 1 aromatic carbocycles. The third-order valence-electron chi connectivity index (χ3n) is 4.43. The van der Waals surface area contributed by atoms with Gasteiger partial charge < -0.3 is 9.80 Å². The molecule has 1 aromatic rings. The molecule has 1 heterocycles. The number of carbonyl (C=O) groups is 1. The van der Waals surface area contributed by atoms with Crippen LogP contribution in [0, 0.1) is 3.57 Å². The van der Waals surface area contributed by atoms with Crippen LogP contribution in [0.5, 0.6) is 0 Å². The summed E-state index contributed by atoms with van der Waals surface area (Å²) >= 11 is 2.08. The summed E-state index contributed by atoms with van der Waals surface area (Å²) in [5.41, 5.74) is 0.460. The van der Waals surface area contributed by atoms with Crippen molar-refractivity contribution in [3.05, 3.63) is 27.3 Å². The quantitative estimate of drug-likeness (QED) is 0.636. The van der Waals surface area contributed by atoms with E-state index in [1.807, 2.05) is 4.90 Å². The number of hydrogen-bond donors (Lipinski definition) is 0. The highest BCUT2D eigenvalue weighted by Gasteiger charge is 2.27. The molecule has 0 unspecified atom stereocenters. The molecule has 2 rings (SSSR count). The Morgan fingerprint density at radius 3 is 2.25 bits per heavy atom. The van der Waals surface area contributed by atoms with Crippen molar-refractivity contribution < 1.29 is 13.2 Å². The smallest absolute Gasteiger partial charge is 0.254 e. The molecule has 0 N–H and O–H groups in total. The Hall–Kier alpha value is -0.710. The number of halogens is 1. The lowest BCUT2D eigenvalue weighted by Gasteiger charge is -2.35. The van der Waals surface area contributed by atoms with E-state index >= 15 is 0 Å². The summed E-state index contributed by atoms with van der Waals surface area (Å²) in [7, 11) is 3.54. The first kappa shape index (κ1) is 19.6. The molecule has 0 aromatic heterocycles. The molecule has 1 saturated heterocycles. The van der Waals surface area contributed by atoms with E-state index < -0.39 is 10.0 Å². The zero-order chi connectivity index (χ0) is 18.1. The topological polar surface area (TPSA) is 60.9 Å². The van der Waals surface area contributed by atoms with Crippen LogP contribution in [0.1, 0.15) is 23.2 Å². The largest absolute Gasteiger partial charge is 0.338 e. The van der Waals surface area contributed by atoms with Crippen molar-refractivity contribution in [2.45, 2.75) is 23.8 Å². The van der Waals surface area contributed by atoms with E-state index in [0.29, 0.717) is 24.7 Å². The van der Waals surface area contributed by atoms with Gasteiger partial charge in [-0.1, -0.05) is 0 Å². The lowest BCUT2D eigenvalue weighted by atomic mass is 10.0. The lowest BCUT2D eigenvalue weighted by molar-refractivity contribution is 0.0662. The summed E-state index contributed by atoms with van der Waals surface area (Å²) in [6, 6.07) is 5.23. The van der Waals surface area contributed by atoms with E-state index in [-0.39, 0.29) is 10.8 Å². The molecule has 0 spiro atoms. The number of amides is 1. The first-order chi connectivity index (χ1) is 11.1. The van der Waals surface area contributed by atoms with Gasteiger partial charge in [-0.2, -0.15) is 0 Å². The van der Waals surface area contributed by atoms with Crippen LogP contribution in [0.15, 0.2) is 23.1 Å². The monoisotopic (exact) mass is 465 g/mol. The molecule has 1 aliphatic rings. The third kappa shape index (κ3) is 4.09. The zero-order valence-electron chi connectivity index (χ0n) is 14.5. The summed E-state index contributed by atoms with van der Waals surface area (Å²) in [6.45, 7) is 1.39. The number of sulfonamides is 1. The van der Waals surface area contributed by atoms with Gasteiger partial charge in [-0.05, 0) is 67.7 Å². The minimum absolute atomic E-state index is 0.0904. The van der Waals surface area contributed by atoms with Crippen molar-refractivity contribution in [1.29, 1.82) is 0 Å². The Bertz CT molecular complexity index is 711. The van der Waals surface area contributed by atoms with E-state index in [9.17, 15) is 13.2 Å². The van der Waals surface area contributed by atoms with Crippen molar-refractivity contribution in [2.24, 2.45) is 0 Å². The highest BCUT2D eigenvalue weighted by Crippen LogP contribution is 2.23. The van der Waals surface area contributed by atoms with E-state index in [4.69, 9.17) is 0 Å². The maximum atomic E-state index is 12.8. The van der Waals surface area contributed by atoms with Gasteiger partial charge in [0.15, 0.2) is 0 Å². The summed E-state index contributed by atoms with van der Waals surface area (Å²) in [6.07, 6.45) is 1.87. The molecule has 0 atom stereocenters. The highest BCUT2D eigenvalue weighted by atomic mass is 127. The second-order valence-electron chi connectivity index (χ2n) is 6.42. The number of carbonyl (C=O) groups excluding carboxylic acids is 1. The predicted octanol–water partition coefficient (Wildman–Crippen LogP) is 1.71. The summed E-state index contributed by atoms with van der Waals surface area (Å²) in [5.74, 6) is -0.0904. The fourth-order valence-electron chi connectivity index (χ4n) is 2.80. The summed E-state index contributed by atoms with van der Waals surface area (Å²) in [4.78, 5) is 17.0. The van der Waals surface area contributed by atoms with Crippen LogP contribution in [0.25, 0.3) is 0 Å². The first-order valence-electron chi connectivity index (χ1n) is 7.82. The molecule has 134 valence electrons. The summed E-state index contributed by atoms with van der Waals surface area (Å²) in [5, 5.41) is 0. The van der Waals surface area contributed by atoms with Crippen molar-refractivity contribution in [3.8, 4) is 0 Å². The standard InChI is InChI=1S/C16H24IN3O3S/c1-18(2)12-7-9-20(10-8-12)16(21)14-11-13(5-6-15(14)17)24(22,23)19(3)4/h5-6,11-12H,7-10H2,1-4H3. The van der Waals surface area contributed by atoms with Gasteiger partial charge in [0.1, 0.15) is 0 Å². The van der Waals surface area contributed by atoms with Gasteiger partial charge in [-0.25, -0.2) is 12.7 Å². The Morgan fingerprint density at radius 1 is 1.17 bits per heavy atom. The second kappa shape index (κ2) is 7.67. The van der Waals surface area contributed by atoms with Crippen LogP contribution in [0.2, 0.25) is 0 Å². The molecule has 0 aliphatic carbocycles. The van der Waals surface area contributed by atoms with E-state index in [0.717, 1.165) is 20.7 Å². The zero-order valence-corrected chi connectivity index (χ0v) is 17.5. The Morgan fingerprint density at radius 2 is 1.75 bits per heavy atom. The maximum absolute atomic E-state index is 12.8. The Labute approximate surface area is 158 Å². The van der Waals surface area contributed by atoms with E-state index in [1.165, 1.54) is 20.2 Å². The number of hydrogen-bond acceptors (Lipinski definition) is 4. The van der Waals surface area contributed by atoms with Crippen LogP contribution in [-0.4, -0.2) is 75.8 Å². The molecular formula is C16H24IN3O3S. The maximum Gasteiger partial charge on any atom is 0.254 e. The fraction of sp³-hybridized carbons (Fsp3) is 0.562. The predicted molar refractivity (Wildman–Crippen MR) is 103 cm³/mol. The molecule has 1 amide bonds. The minimum Gasteiger partial charge on any atom is -0.338 e. The molecular weight excluding hydrogens is 441 g/mol. The number of benzene rings is 1. The number of nitrogens with zero attached hydrogens (tertiary/aromatic N) is 3. The van der Waals surface area contributed by atoms with Crippen molar-refractivity contribution in [2.75, 3.05) is 41.3 Å². The molecule has 24 heavy (non-hydrogen) atoms. The van der Waals surface area contributed by atoms with Crippen LogP contribution in [-0.2, 0) is 10.0 Å². The van der Waals surface area contributed by atoms with E-state index in [1.54, 1.807) is 12.1 Å². The lowest BCUT2D eigenvalue weighted by Crippen LogP contribution is -2.44. The molecule has 1 aliphatic heterocycles. The molecule has 0 radical (unpaired) electrons. The molecule has 1 fully saturated rings.